The summed E-state index contributed by atoms with van der Waals surface area (Å²) in [6, 6.07) is 3.98. The highest BCUT2D eigenvalue weighted by Crippen LogP contribution is 2.21. The Morgan fingerprint density at radius 1 is 1.31 bits per heavy atom. The number of aromatic amines is 2. The van der Waals surface area contributed by atoms with Gasteiger partial charge in [0.1, 0.15) is 5.82 Å². The van der Waals surface area contributed by atoms with Crippen molar-refractivity contribution in [1.82, 2.24) is 20.2 Å². The molecule has 2 aromatic heterocycles. The Morgan fingerprint density at radius 3 is 3.15 bits per heavy atom. The first kappa shape index (κ1) is 6.65. The summed E-state index contributed by atoms with van der Waals surface area (Å²) in [6.45, 7) is 1.95. The van der Waals surface area contributed by atoms with Crippen LogP contribution in [0.5, 0.6) is 0 Å². The molecule has 0 radical (unpaired) electrons. The van der Waals surface area contributed by atoms with Gasteiger partial charge in [-0.1, -0.05) is 0 Å². The van der Waals surface area contributed by atoms with E-state index < -0.39 is 0 Å². The zero-order valence-corrected chi connectivity index (χ0v) is 7.13. The number of aryl methyl sites for hydroxylation is 1. The third-order valence-electron chi connectivity index (χ3n) is 2.20. The molecule has 0 spiro atoms. The van der Waals surface area contributed by atoms with E-state index in [4.69, 9.17) is 0 Å². The van der Waals surface area contributed by atoms with E-state index in [1.54, 1.807) is 0 Å². The highest BCUT2D eigenvalue weighted by Gasteiger charge is 2.04. The van der Waals surface area contributed by atoms with Crippen LogP contribution in [0.4, 0.5) is 0 Å². The molecular weight excluding hydrogens is 164 g/mol. The molecule has 2 heterocycles. The number of hydrogen-bond donors (Lipinski definition) is 2. The molecule has 1 aromatic carbocycles. The predicted octanol–water partition coefficient (Wildman–Crippen LogP) is 1.75. The molecule has 0 aliphatic heterocycles. The van der Waals surface area contributed by atoms with Crippen LogP contribution < -0.4 is 0 Å². The molecule has 0 saturated carbocycles. The van der Waals surface area contributed by atoms with E-state index in [9.17, 15) is 0 Å². The smallest absolute Gasteiger partial charge is 0.104 e. The summed E-state index contributed by atoms with van der Waals surface area (Å²) in [5.74, 6) is 0.934. The molecule has 0 saturated heterocycles. The van der Waals surface area contributed by atoms with Gasteiger partial charge in [0.25, 0.3) is 0 Å². The van der Waals surface area contributed by atoms with Crippen molar-refractivity contribution >= 4 is 21.9 Å². The molecule has 3 aromatic rings. The van der Waals surface area contributed by atoms with E-state index in [0.717, 1.165) is 27.8 Å². The molecule has 3 rings (SSSR count). The van der Waals surface area contributed by atoms with Gasteiger partial charge >= 0.3 is 0 Å². The molecule has 0 aliphatic carbocycles. The fraction of sp³-hybridized carbons (Fsp3) is 0.111. The van der Waals surface area contributed by atoms with Gasteiger partial charge in [-0.3, -0.25) is 5.10 Å². The zero-order chi connectivity index (χ0) is 8.84. The number of H-pyrrole nitrogens is 2. The van der Waals surface area contributed by atoms with Crippen molar-refractivity contribution in [2.75, 3.05) is 0 Å². The maximum atomic E-state index is 4.35. The number of aromatic nitrogens is 4. The summed E-state index contributed by atoms with van der Waals surface area (Å²) in [5, 5.41) is 8.01. The minimum atomic E-state index is 0.934. The van der Waals surface area contributed by atoms with E-state index in [0.29, 0.717) is 0 Å². The third kappa shape index (κ3) is 0.796. The number of hydrogen-bond acceptors (Lipinski definition) is 2. The van der Waals surface area contributed by atoms with Crippen LogP contribution in [0.3, 0.4) is 0 Å². The number of rotatable bonds is 0. The Kier molecular flexibility index (Phi) is 1.07. The SMILES string of the molecule is Cc1nc2ccc3[nH]ncc3c2[nH]1. The molecule has 0 aliphatic rings. The lowest BCUT2D eigenvalue weighted by molar-refractivity contribution is 1.12. The molecule has 64 valence electrons. The lowest BCUT2D eigenvalue weighted by atomic mass is 10.2. The topological polar surface area (TPSA) is 57.4 Å². The van der Waals surface area contributed by atoms with Gasteiger partial charge in [-0.25, -0.2) is 4.98 Å². The van der Waals surface area contributed by atoms with E-state index in [2.05, 4.69) is 20.2 Å². The summed E-state index contributed by atoms with van der Waals surface area (Å²) in [6.07, 6.45) is 1.81. The van der Waals surface area contributed by atoms with Gasteiger partial charge in [0.2, 0.25) is 0 Å². The Balaban J connectivity index is 2.64. The largest absolute Gasteiger partial charge is 0.342 e. The van der Waals surface area contributed by atoms with Gasteiger partial charge in [-0.2, -0.15) is 5.10 Å². The van der Waals surface area contributed by atoms with Crippen molar-refractivity contribution in [3.8, 4) is 0 Å². The number of benzene rings is 1. The Bertz CT molecular complexity index is 575. The number of fused-ring (bicyclic) bond motifs is 3. The van der Waals surface area contributed by atoms with Crippen LogP contribution in [-0.4, -0.2) is 20.2 Å². The molecule has 0 atom stereocenters. The van der Waals surface area contributed by atoms with Crippen molar-refractivity contribution in [2.45, 2.75) is 6.92 Å². The second kappa shape index (κ2) is 2.10. The molecule has 2 N–H and O–H groups in total. The van der Waals surface area contributed by atoms with Gasteiger partial charge in [-0.15, -0.1) is 0 Å². The molecule has 4 heteroatoms. The summed E-state index contributed by atoms with van der Waals surface area (Å²) in [5.41, 5.74) is 3.09. The number of nitrogens with one attached hydrogen (secondary N) is 2. The van der Waals surface area contributed by atoms with Crippen LogP contribution in [0.25, 0.3) is 21.9 Å². The zero-order valence-electron chi connectivity index (χ0n) is 7.13. The van der Waals surface area contributed by atoms with Crippen molar-refractivity contribution in [3.05, 3.63) is 24.2 Å². The second-order valence-corrected chi connectivity index (χ2v) is 3.11. The van der Waals surface area contributed by atoms with E-state index >= 15 is 0 Å². The van der Waals surface area contributed by atoms with Crippen LogP contribution >= 0.6 is 0 Å². The summed E-state index contributed by atoms with van der Waals surface area (Å²) in [4.78, 5) is 7.56. The van der Waals surface area contributed by atoms with Crippen molar-refractivity contribution in [3.63, 3.8) is 0 Å². The van der Waals surface area contributed by atoms with E-state index in [-0.39, 0.29) is 0 Å². The van der Waals surface area contributed by atoms with Gasteiger partial charge in [0, 0.05) is 5.39 Å². The van der Waals surface area contributed by atoms with Crippen molar-refractivity contribution in [1.29, 1.82) is 0 Å². The van der Waals surface area contributed by atoms with Crippen LogP contribution in [0.2, 0.25) is 0 Å². The molecule has 4 nitrogen and oxygen atoms in total. The minimum Gasteiger partial charge on any atom is -0.342 e. The summed E-state index contributed by atoms with van der Waals surface area (Å²) >= 11 is 0. The maximum Gasteiger partial charge on any atom is 0.104 e. The van der Waals surface area contributed by atoms with Gasteiger partial charge < -0.3 is 4.98 Å². The van der Waals surface area contributed by atoms with Crippen LogP contribution in [0.15, 0.2) is 18.3 Å². The second-order valence-electron chi connectivity index (χ2n) is 3.11. The van der Waals surface area contributed by atoms with Gasteiger partial charge in [-0.05, 0) is 19.1 Å². The third-order valence-corrected chi connectivity index (χ3v) is 2.20. The highest BCUT2D eigenvalue weighted by atomic mass is 15.1. The fourth-order valence-electron chi connectivity index (χ4n) is 1.62. The maximum absolute atomic E-state index is 4.35. The first-order chi connectivity index (χ1) is 6.34. The minimum absolute atomic E-state index is 0.934. The normalized spacial score (nSPS) is 11.5. The molecule has 0 fully saturated rings. The molecule has 0 bridgehead atoms. The van der Waals surface area contributed by atoms with Gasteiger partial charge in [0.15, 0.2) is 0 Å². The van der Waals surface area contributed by atoms with Crippen molar-refractivity contribution < 1.29 is 0 Å². The van der Waals surface area contributed by atoms with Crippen molar-refractivity contribution in [2.24, 2.45) is 0 Å². The monoisotopic (exact) mass is 172 g/mol. The quantitative estimate of drug-likeness (QED) is 0.542. The fourth-order valence-corrected chi connectivity index (χ4v) is 1.62. The average molecular weight is 172 g/mol. The lowest BCUT2D eigenvalue weighted by Gasteiger charge is -1.88. The summed E-state index contributed by atoms with van der Waals surface area (Å²) in [7, 11) is 0. The first-order valence-electron chi connectivity index (χ1n) is 4.13. The van der Waals surface area contributed by atoms with Crippen LogP contribution in [0, 0.1) is 6.92 Å². The van der Waals surface area contributed by atoms with Crippen LogP contribution in [-0.2, 0) is 0 Å². The predicted molar refractivity (Wildman–Crippen MR) is 50.5 cm³/mol. The average Bonchev–Trinajstić information content (AvgIpc) is 2.65. The first-order valence-corrected chi connectivity index (χ1v) is 4.13. The Labute approximate surface area is 74.0 Å². The molecule has 0 unspecified atom stereocenters. The molecule has 0 amide bonds. The highest BCUT2D eigenvalue weighted by molar-refractivity contribution is 6.02. The van der Waals surface area contributed by atoms with Gasteiger partial charge in [0.05, 0.1) is 22.7 Å². The Hall–Kier alpha value is -1.84. The summed E-state index contributed by atoms with van der Waals surface area (Å²) < 4.78 is 0. The van der Waals surface area contributed by atoms with E-state index in [1.807, 2.05) is 25.3 Å². The van der Waals surface area contributed by atoms with E-state index in [1.165, 1.54) is 0 Å². The molecular formula is C9H8N4. The van der Waals surface area contributed by atoms with Crippen LogP contribution in [0.1, 0.15) is 5.82 Å². The number of nitrogens with zero attached hydrogens (tertiary/aromatic N) is 2. The lowest BCUT2D eigenvalue weighted by Crippen LogP contribution is -1.71. The number of imidazole rings is 1. The Morgan fingerprint density at radius 2 is 2.23 bits per heavy atom. The molecule has 13 heavy (non-hydrogen) atoms. The standard InChI is InChI=1S/C9H8N4/c1-5-11-8-3-2-7-6(4-10-13-7)9(8)12-5/h2-4H,1H3,(H,10,13)(H,11,12).